The van der Waals surface area contributed by atoms with Crippen molar-refractivity contribution in [2.75, 3.05) is 14.2 Å². The van der Waals surface area contributed by atoms with Gasteiger partial charge in [-0.25, -0.2) is 0 Å². The molecule has 144 valence electrons. The Kier molecular flexibility index (Phi) is 7.65. The average molecular weight is 395 g/mol. The number of nitrogens with one attached hydrogen (secondary N) is 1. The number of alkyl halides is 2. The van der Waals surface area contributed by atoms with Gasteiger partial charge in [0.25, 0.3) is 11.6 Å². The van der Waals surface area contributed by atoms with E-state index >= 15 is 0 Å². The smallest absolute Gasteiger partial charge is 0.387 e. The Balaban J connectivity index is 0.00000338. The minimum Gasteiger partial charge on any atom is -0.493 e. The van der Waals surface area contributed by atoms with Crippen molar-refractivity contribution in [3.63, 3.8) is 0 Å². The Hall–Kier alpha value is -2.53. The van der Waals surface area contributed by atoms with Gasteiger partial charge in [-0.05, 0) is 14.0 Å². The predicted octanol–water partition coefficient (Wildman–Crippen LogP) is 2.83. The monoisotopic (exact) mass is 394 g/mol. The van der Waals surface area contributed by atoms with Gasteiger partial charge in [-0.2, -0.15) is 13.8 Å². The number of nitrogens with zero attached hydrogens (tertiary/aromatic N) is 3. The zero-order chi connectivity index (χ0) is 18.6. The molecule has 0 aliphatic heterocycles. The molecule has 9 nitrogen and oxygen atoms in total. The van der Waals surface area contributed by atoms with Crippen LogP contribution in [0.5, 0.6) is 11.5 Å². The van der Waals surface area contributed by atoms with E-state index in [2.05, 4.69) is 20.2 Å². The Bertz CT molecular complexity index is 759. The van der Waals surface area contributed by atoms with Gasteiger partial charge in [0.05, 0.1) is 18.1 Å². The molecule has 0 radical (unpaired) electrons. The fourth-order valence-corrected chi connectivity index (χ4v) is 2.04. The van der Waals surface area contributed by atoms with E-state index in [-0.39, 0.29) is 35.7 Å². The van der Waals surface area contributed by atoms with Crippen molar-refractivity contribution in [1.82, 2.24) is 15.5 Å². The second kappa shape index (κ2) is 9.25. The molecule has 26 heavy (non-hydrogen) atoms. The van der Waals surface area contributed by atoms with E-state index in [0.29, 0.717) is 12.2 Å². The highest BCUT2D eigenvalue weighted by molar-refractivity contribution is 5.85. The molecule has 1 aromatic heterocycles. The van der Waals surface area contributed by atoms with Crippen LogP contribution in [0.1, 0.15) is 12.7 Å². The van der Waals surface area contributed by atoms with Crippen molar-refractivity contribution in [3.05, 3.63) is 28.1 Å². The summed E-state index contributed by atoms with van der Waals surface area (Å²) in [5.74, 6) is -0.356. The third kappa shape index (κ3) is 4.99. The normalized spacial score (nSPS) is 11.8. The first-order valence-corrected chi connectivity index (χ1v) is 7.17. The lowest BCUT2D eigenvalue weighted by Crippen LogP contribution is -2.24. The van der Waals surface area contributed by atoms with Gasteiger partial charge in [-0.1, -0.05) is 5.16 Å². The molecule has 0 bridgehead atoms. The van der Waals surface area contributed by atoms with E-state index in [0.717, 1.165) is 12.1 Å². The highest BCUT2D eigenvalue weighted by Gasteiger charge is 2.26. The number of hydrogen-bond acceptors (Lipinski definition) is 8. The zero-order valence-corrected chi connectivity index (χ0v) is 14.9. The SMILES string of the molecule is CNC(C)Cc1noc(-c2cc(OC)c(OC(F)F)cc2[N+](=O)[O-])n1.Cl. The Labute approximate surface area is 153 Å². The standard InChI is InChI=1S/C14H16F2N4O5.ClH/c1-7(17-2)4-12-18-13(25-19-12)8-5-10(23-3)11(24-14(15)16)6-9(8)20(21)22;/h5-7,14,17H,4H2,1-3H3;1H. The maximum Gasteiger partial charge on any atom is 0.387 e. The van der Waals surface area contributed by atoms with Gasteiger partial charge < -0.3 is 19.3 Å². The molecule has 0 amide bonds. The molecule has 0 saturated heterocycles. The Morgan fingerprint density at radius 1 is 1.38 bits per heavy atom. The predicted molar refractivity (Wildman–Crippen MR) is 89.0 cm³/mol. The topological polar surface area (TPSA) is 113 Å². The molecule has 0 aliphatic rings. The molecule has 1 atom stereocenters. The lowest BCUT2D eigenvalue weighted by molar-refractivity contribution is -0.384. The number of benzene rings is 1. The first-order valence-electron chi connectivity index (χ1n) is 7.17. The minimum absolute atomic E-state index is 0. The van der Waals surface area contributed by atoms with E-state index in [9.17, 15) is 18.9 Å². The van der Waals surface area contributed by atoms with E-state index in [1.54, 1.807) is 7.05 Å². The summed E-state index contributed by atoms with van der Waals surface area (Å²) in [4.78, 5) is 14.6. The van der Waals surface area contributed by atoms with Gasteiger partial charge in [-0.15, -0.1) is 12.4 Å². The molecule has 1 aromatic carbocycles. The Morgan fingerprint density at radius 3 is 2.62 bits per heavy atom. The van der Waals surface area contributed by atoms with Crippen molar-refractivity contribution in [2.45, 2.75) is 26.0 Å². The first-order chi connectivity index (χ1) is 11.8. The van der Waals surface area contributed by atoms with Crippen LogP contribution in [0.2, 0.25) is 0 Å². The number of halogens is 3. The number of methoxy groups -OCH3 is 1. The van der Waals surface area contributed by atoms with Crippen LogP contribution < -0.4 is 14.8 Å². The fraction of sp³-hybridized carbons (Fsp3) is 0.429. The van der Waals surface area contributed by atoms with Crippen molar-refractivity contribution >= 4 is 18.1 Å². The van der Waals surface area contributed by atoms with Crippen LogP contribution in [0.3, 0.4) is 0 Å². The quantitative estimate of drug-likeness (QED) is 0.537. The number of ether oxygens (including phenoxy) is 2. The van der Waals surface area contributed by atoms with Gasteiger partial charge in [-0.3, -0.25) is 10.1 Å². The van der Waals surface area contributed by atoms with Crippen LogP contribution in [0.15, 0.2) is 16.7 Å². The number of nitro benzene ring substituents is 1. The van der Waals surface area contributed by atoms with Gasteiger partial charge in [0.15, 0.2) is 17.3 Å². The van der Waals surface area contributed by atoms with Crippen molar-refractivity contribution in [2.24, 2.45) is 0 Å². The summed E-state index contributed by atoms with van der Waals surface area (Å²) < 4.78 is 39.2. The van der Waals surface area contributed by atoms with Gasteiger partial charge in [0, 0.05) is 18.5 Å². The van der Waals surface area contributed by atoms with Crippen LogP contribution in [-0.4, -0.2) is 41.9 Å². The molecular weight excluding hydrogens is 378 g/mol. The van der Waals surface area contributed by atoms with Crippen LogP contribution in [-0.2, 0) is 6.42 Å². The molecular formula is C14H17ClF2N4O5. The lowest BCUT2D eigenvalue weighted by atomic mass is 10.1. The number of hydrogen-bond donors (Lipinski definition) is 1. The summed E-state index contributed by atoms with van der Waals surface area (Å²) in [6.45, 7) is -1.25. The number of nitro groups is 1. The van der Waals surface area contributed by atoms with Crippen molar-refractivity contribution in [3.8, 4) is 23.0 Å². The maximum absolute atomic E-state index is 12.5. The third-order valence-corrected chi connectivity index (χ3v) is 3.37. The first kappa shape index (κ1) is 21.5. The summed E-state index contributed by atoms with van der Waals surface area (Å²) in [6, 6.07) is 2.05. The van der Waals surface area contributed by atoms with Gasteiger partial charge >= 0.3 is 6.61 Å². The molecule has 0 fully saturated rings. The van der Waals surface area contributed by atoms with Crippen LogP contribution in [0.25, 0.3) is 11.5 Å². The van der Waals surface area contributed by atoms with Crippen molar-refractivity contribution < 1.29 is 27.7 Å². The van der Waals surface area contributed by atoms with E-state index < -0.39 is 23.0 Å². The summed E-state index contributed by atoms with van der Waals surface area (Å²) in [6.07, 6.45) is 0.442. The van der Waals surface area contributed by atoms with Crippen molar-refractivity contribution in [1.29, 1.82) is 0 Å². The summed E-state index contributed by atoms with van der Waals surface area (Å²) in [7, 11) is 2.99. The molecule has 0 aliphatic carbocycles. The largest absolute Gasteiger partial charge is 0.493 e. The zero-order valence-electron chi connectivity index (χ0n) is 14.1. The number of aromatic nitrogens is 2. The third-order valence-electron chi connectivity index (χ3n) is 3.37. The number of likely N-dealkylation sites (N-methyl/N-ethyl adjacent to an activating group) is 1. The van der Waals surface area contributed by atoms with Crippen LogP contribution >= 0.6 is 12.4 Å². The second-order valence-electron chi connectivity index (χ2n) is 5.07. The molecule has 2 aromatic rings. The molecule has 1 N–H and O–H groups in total. The van der Waals surface area contributed by atoms with Gasteiger partial charge in [0.2, 0.25) is 0 Å². The molecule has 2 rings (SSSR count). The summed E-state index contributed by atoms with van der Waals surface area (Å²) >= 11 is 0. The second-order valence-corrected chi connectivity index (χ2v) is 5.07. The van der Waals surface area contributed by atoms with E-state index in [1.807, 2.05) is 6.92 Å². The maximum atomic E-state index is 12.5. The minimum atomic E-state index is -3.16. The highest BCUT2D eigenvalue weighted by atomic mass is 35.5. The average Bonchev–Trinajstić information content (AvgIpc) is 3.01. The molecule has 12 heteroatoms. The lowest BCUT2D eigenvalue weighted by Gasteiger charge is -2.10. The number of rotatable bonds is 8. The summed E-state index contributed by atoms with van der Waals surface area (Å²) in [5.41, 5.74) is -0.576. The fourth-order valence-electron chi connectivity index (χ4n) is 2.04. The van der Waals surface area contributed by atoms with Crippen LogP contribution in [0, 0.1) is 10.1 Å². The molecule has 0 saturated carbocycles. The highest BCUT2D eigenvalue weighted by Crippen LogP contribution is 2.40. The van der Waals surface area contributed by atoms with Crippen LogP contribution in [0.4, 0.5) is 14.5 Å². The Morgan fingerprint density at radius 2 is 2.08 bits per heavy atom. The molecule has 1 unspecified atom stereocenters. The molecule has 0 spiro atoms. The molecule has 1 heterocycles. The van der Waals surface area contributed by atoms with E-state index in [1.165, 1.54) is 7.11 Å². The van der Waals surface area contributed by atoms with E-state index in [4.69, 9.17) is 9.26 Å². The van der Waals surface area contributed by atoms with Gasteiger partial charge in [0.1, 0.15) is 5.56 Å². The summed E-state index contributed by atoms with van der Waals surface area (Å²) in [5, 5.41) is 18.1.